The van der Waals surface area contributed by atoms with E-state index < -0.39 is 58.5 Å². The molecule has 12 aromatic carbocycles. The van der Waals surface area contributed by atoms with Crippen LogP contribution in [0.15, 0.2) is 109 Å². The van der Waals surface area contributed by atoms with E-state index >= 15 is 35.1 Å². The first-order valence-corrected chi connectivity index (χ1v) is 23.2. The van der Waals surface area contributed by atoms with Crippen molar-refractivity contribution >= 4 is 109 Å². The molecular weight excluding hydrogens is 937 g/mol. The normalized spacial score (nSPS) is 12.4. The standard InChI is InChI=1S/C60H36F8O4/c1-25(2)23-71-59(69)37-21-45(67)57-49-33(37)11-15-41(63)53(49)55-43(65)19-35(31-9-13-39(61)51(57)47(31)55)29-7-5-28-18-30(8-6-27(28)17-29)36-20-44(66)56-48-32(36)10-14-40(62)52(48)58-46(68)22-38(60(70)72-24-26(3)4)34-12-16-42(64)54(56)50(34)58/h5-22,25-26H,23-24H2,1-4H3. The van der Waals surface area contributed by atoms with Gasteiger partial charge in [-0.15, -0.1) is 0 Å². The summed E-state index contributed by atoms with van der Waals surface area (Å²) in [6.07, 6.45) is 0. The van der Waals surface area contributed by atoms with Crippen LogP contribution in [0.25, 0.3) is 119 Å². The minimum absolute atomic E-state index is 0.0266. The highest BCUT2D eigenvalue weighted by atomic mass is 19.2. The van der Waals surface area contributed by atoms with E-state index in [9.17, 15) is 9.59 Å². The van der Waals surface area contributed by atoms with Gasteiger partial charge in [-0.05, 0) is 127 Å². The maximum Gasteiger partial charge on any atom is 0.338 e. The summed E-state index contributed by atoms with van der Waals surface area (Å²) in [7, 11) is 0. The molecule has 0 bridgehead atoms. The molecule has 72 heavy (non-hydrogen) atoms. The summed E-state index contributed by atoms with van der Waals surface area (Å²) in [5.74, 6) is -9.29. The van der Waals surface area contributed by atoms with E-state index in [2.05, 4.69) is 0 Å². The van der Waals surface area contributed by atoms with Crippen LogP contribution in [-0.2, 0) is 9.47 Å². The van der Waals surface area contributed by atoms with Gasteiger partial charge in [0.25, 0.3) is 0 Å². The molecule has 0 heterocycles. The van der Waals surface area contributed by atoms with E-state index in [4.69, 9.17) is 9.47 Å². The Bertz CT molecular complexity index is 4050. The molecule has 0 N–H and O–H groups in total. The van der Waals surface area contributed by atoms with Gasteiger partial charge in [0.05, 0.1) is 24.3 Å². The first-order chi connectivity index (χ1) is 34.5. The van der Waals surface area contributed by atoms with Crippen molar-refractivity contribution in [1.82, 2.24) is 0 Å². The topological polar surface area (TPSA) is 52.6 Å². The Kier molecular flexibility index (Phi) is 10.1. The number of ether oxygens (including phenoxy) is 2. The molecule has 4 nitrogen and oxygen atoms in total. The molecule has 0 radical (unpaired) electrons. The Hall–Kier alpha value is -8.12. The predicted octanol–water partition coefficient (Wildman–Crippen LogP) is 17.0. The maximum atomic E-state index is 16.9. The van der Waals surface area contributed by atoms with Crippen LogP contribution in [0.4, 0.5) is 35.1 Å². The molecule has 12 aromatic rings. The van der Waals surface area contributed by atoms with Crippen molar-refractivity contribution in [2.24, 2.45) is 11.8 Å². The summed E-state index contributed by atoms with van der Waals surface area (Å²) in [4.78, 5) is 26.5. The second kappa shape index (κ2) is 16.2. The van der Waals surface area contributed by atoms with Gasteiger partial charge in [0.2, 0.25) is 0 Å². The molecule has 0 aromatic heterocycles. The predicted molar refractivity (Wildman–Crippen MR) is 267 cm³/mol. The van der Waals surface area contributed by atoms with E-state index in [-0.39, 0.29) is 123 Å². The zero-order valence-corrected chi connectivity index (χ0v) is 38.6. The van der Waals surface area contributed by atoms with E-state index in [1.165, 1.54) is 36.4 Å². The van der Waals surface area contributed by atoms with Crippen molar-refractivity contribution in [3.63, 3.8) is 0 Å². The van der Waals surface area contributed by atoms with Gasteiger partial charge in [0.15, 0.2) is 0 Å². The third-order valence-electron chi connectivity index (χ3n) is 13.8. The Balaban J connectivity index is 1.02. The molecular formula is C60H36F8O4. The Morgan fingerprint density at radius 1 is 0.347 bits per heavy atom. The van der Waals surface area contributed by atoms with Crippen molar-refractivity contribution < 1.29 is 54.2 Å². The van der Waals surface area contributed by atoms with E-state index in [1.54, 1.807) is 36.4 Å². The number of halogens is 8. The summed E-state index contributed by atoms with van der Waals surface area (Å²) in [5.41, 5.74) is 1.06. The first kappa shape index (κ1) is 45.0. The molecule has 0 spiro atoms. The SMILES string of the molecule is CC(C)COC(=O)c1cc(F)c2c3c(F)ccc4c(-c5ccc6cc(-c7cc(F)c8c9c(F)ccc%10c(C(=O)OCC(C)C)cc(F)c(c%11c(F)ccc7c%118)c%109)ccc6c5)cc(F)c(c5c(F)ccc1c25)c43. The van der Waals surface area contributed by atoms with Crippen LogP contribution < -0.4 is 0 Å². The van der Waals surface area contributed by atoms with E-state index in [0.717, 1.165) is 36.4 Å². The largest absolute Gasteiger partial charge is 0.462 e. The molecule has 0 atom stereocenters. The lowest BCUT2D eigenvalue weighted by atomic mass is 9.84. The summed E-state index contributed by atoms with van der Waals surface area (Å²) >= 11 is 0. The third-order valence-corrected chi connectivity index (χ3v) is 13.8. The number of rotatable bonds is 8. The molecule has 0 aliphatic heterocycles. The van der Waals surface area contributed by atoms with Crippen molar-refractivity contribution in [3.8, 4) is 22.3 Å². The maximum absolute atomic E-state index is 16.9. The van der Waals surface area contributed by atoms with Gasteiger partial charge in [-0.2, -0.15) is 0 Å². The number of carbonyl (C=O) groups is 2. The molecule has 0 saturated heterocycles. The fourth-order valence-electron chi connectivity index (χ4n) is 10.8. The summed E-state index contributed by atoms with van der Waals surface area (Å²) in [5, 5.41) is -0.903. The lowest BCUT2D eigenvalue weighted by Gasteiger charge is -2.20. The number of benzene rings is 12. The zero-order valence-electron chi connectivity index (χ0n) is 38.6. The number of esters is 2. The van der Waals surface area contributed by atoms with Crippen LogP contribution >= 0.6 is 0 Å². The number of hydrogen-bond acceptors (Lipinski definition) is 4. The van der Waals surface area contributed by atoms with Crippen LogP contribution in [0.3, 0.4) is 0 Å². The summed E-state index contributed by atoms with van der Waals surface area (Å²) in [6.45, 7) is 7.34. The Morgan fingerprint density at radius 2 is 0.639 bits per heavy atom. The van der Waals surface area contributed by atoms with Gasteiger partial charge < -0.3 is 9.47 Å². The monoisotopic (exact) mass is 972 g/mol. The van der Waals surface area contributed by atoms with Gasteiger partial charge in [-0.1, -0.05) is 76.2 Å². The second-order valence-electron chi connectivity index (χ2n) is 19.3. The van der Waals surface area contributed by atoms with Crippen molar-refractivity contribution in [1.29, 1.82) is 0 Å². The van der Waals surface area contributed by atoms with Crippen LogP contribution in [0.1, 0.15) is 48.4 Å². The summed E-state index contributed by atoms with van der Waals surface area (Å²) in [6, 6.07) is 24.4. The molecule has 0 aliphatic carbocycles. The fourth-order valence-corrected chi connectivity index (χ4v) is 10.8. The van der Waals surface area contributed by atoms with Gasteiger partial charge in [-0.3, -0.25) is 0 Å². The third kappa shape index (κ3) is 6.50. The second-order valence-corrected chi connectivity index (χ2v) is 19.3. The molecule has 0 fully saturated rings. The first-order valence-electron chi connectivity index (χ1n) is 23.2. The number of carbonyl (C=O) groups excluding carboxylic acids is 2. The molecule has 356 valence electrons. The fraction of sp³-hybridized carbons (Fsp3) is 0.133. The smallest absolute Gasteiger partial charge is 0.338 e. The van der Waals surface area contributed by atoms with E-state index in [1.807, 2.05) is 27.7 Å². The van der Waals surface area contributed by atoms with Crippen LogP contribution in [0.5, 0.6) is 0 Å². The minimum Gasteiger partial charge on any atom is -0.462 e. The van der Waals surface area contributed by atoms with Crippen LogP contribution in [-0.4, -0.2) is 25.2 Å². The van der Waals surface area contributed by atoms with Gasteiger partial charge in [0, 0.05) is 64.6 Å². The van der Waals surface area contributed by atoms with Crippen LogP contribution in [0.2, 0.25) is 0 Å². The highest BCUT2D eigenvalue weighted by Crippen LogP contribution is 2.50. The van der Waals surface area contributed by atoms with Gasteiger partial charge in [-0.25, -0.2) is 44.7 Å². The Labute approximate surface area is 403 Å². The summed E-state index contributed by atoms with van der Waals surface area (Å²) < 4.78 is 142. The highest BCUT2D eigenvalue weighted by Gasteiger charge is 2.30. The molecule has 0 amide bonds. The number of hydrogen-bond donors (Lipinski definition) is 0. The van der Waals surface area contributed by atoms with E-state index in [0.29, 0.717) is 32.7 Å². The molecule has 0 unspecified atom stereocenters. The zero-order chi connectivity index (χ0) is 50.3. The minimum atomic E-state index is -1.02. The molecule has 0 aliphatic rings. The quantitative estimate of drug-likeness (QED) is 0.0659. The van der Waals surface area contributed by atoms with Crippen molar-refractivity contribution in [3.05, 3.63) is 167 Å². The molecule has 12 rings (SSSR count). The molecule has 12 heteroatoms. The van der Waals surface area contributed by atoms with Crippen molar-refractivity contribution in [2.75, 3.05) is 13.2 Å². The lowest BCUT2D eigenvalue weighted by molar-refractivity contribution is 0.0452. The van der Waals surface area contributed by atoms with Crippen molar-refractivity contribution in [2.45, 2.75) is 27.7 Å². The van der Waals surface area contributed by atoms with Gasteiger partial charge in [0.1, 0.15) is 46.5 Å². The van der Waals surface area contributed by atoms with Gasteiger partial charge >= 0.3 is 11.9 Å². The van der Waals surface area contributed by atoms with Crippen LogP contribution in [0, 0.1) is 58.4 Å². The average molecular weight is 973 g/mol. The average Bonchev–Trinajstić information content (AvgIpc) is 3.35. The highest BCUT2D eigenvalue weighted by molar-refractivity contribution is 6.37. The number of fused-ring (bicyclic) bond motifs is 5. The molecule has 0 saturated carbocycles. The Morgan fingerprint density at radius 3 is 0.972 bits per heavy atom. The lowest BCUT2D eigenvalue weighted by Crippen LogP contribution is -2.11.